The third-order valence-electron chi connectivity index (χ3n) is 2.20. The highest BCUT2D eigenvalue weighted by atomic mass is 16.4. The zero-order chi connectivity index (χ0) is 11.0. The van der Waals surface area contributed by atoms with Crippen molar-refractivity contribution in [3.05, 3.63) is 35.3 Å². The smallest absolute Gasteiger partial charge is 0.337 e. The minimum atomic E-state index is -1.03. The number of hydrogen-bond acceptors (Lipinski definition) is 3. The molecule has 0 aliphatic rings. The Morgan fingerprint density at radius 1 is 1.53 bits per heavy atom. The van der Waals surface area contributed by atoms with E-state index in [-0.39, 0.29) is 5.56 Å². The number of aldehydes is 1. The SMILES string of the molecule is Cc1nc2ccc(C(=O)O)cn2c1C=O. The molecule has 15 heavy (non-hydrogen) atoms. The van der Waals surface area contributed by atoms with Crippen LogP contribution in [0.4, 0.5) is 0 Å². The Morgan fingerprint density at radius 2 is 2.27 bits per heavy atom. The molecule has 76 valence electrons. The number of rotatable bonds is 2. The van der Waals surface area contributed by atoms with Crippen molar-refractivity contribution in [1.29, 1.82) is 0 Å². The minimum Gasteiger partial charge on any atom is -0.478 e. The molecule has 0 aromatic carbocycles. The molecular weight excluding hydrogens is 196 g/mol. The Hall–Kier alpha value is -2.17. The van der Waals surface area contributed by atoms with Gasteiger partial charge in [0, 0.05) is 6.20 Å². The Kier molecular flexibility index (Phi) is 2.00. The number of pyridine rings is 1. The van der Waals surface area contributed by atoms with Crippen LogP contribution in [-0.4, -0.2) is 26.7 Å². The number of hydrogen-bond donors (Lipinski definition) is 1. The van der Waals surface area contributed by atoms with E-state index in [1.165, 1.54) is 16.7 Å². The van der Waals surface area contributed by atoms with Crippen LogP contribution in [0.5, 0.6) is 0 Å². The summed E-state index contributed by atoms with van der Waals surface area (Å²) in [7, 11) is 0. The topological polar surface area (TPSA) is 71.7 Å². The summed E-state index contributed by atoms with van der Waals surface area (Å²) in [5.74, 6) is -1.03. The lowest BCUT2D eigenvalue weighted by Gasteiger charge is -1.97. The molecule has 0 saturated heterocycles. The molecule has 0 saturated carbocycles. The van der Waals surface area contributed by atoms with Crippen LogP contribution in [-0.2, 0) is 0 Å². The quantitative estimate of drug-likeness (QED) is 0.745. The van der Waals surface area contributed by atoms with E-state index >= 15 is 0 Å². The van der Waals surface area contributed by atoms with Gasteiger partial charge in [-0.25, -0.2) is 9.78 Å². The van der Waals surface area contributed by atoms with Crippen molar-refractivity contribution in [2.24, 2.45) is 0 Å². The second kappa shape index (κ2) is 3.20. The van der Waals surface area contributed by atoms with Gasteiger partial charge in [-0.05, 0) is 19.1 Å². The van der Waals surface area contributed by atoms with Crippen LogP contribution in [0.2, 0.25) is 0 Å². The lowest BCUT2D eigenvalue weighted by molar-refractivity contribution is 0.0696. The van der Waals surface area contributed by atoms with Crippen LogP contribution in [0.1, 0.15) is 26.5 Å². The summed E-state index contributed by atoms with van der Waals surface area (Å²) in [4.78, 5) is 25.6. The molecule has 2 rings (SSSR count). The number of carbonyl (C=O) groups excluding carboxylic acids is 1. The molecule has 0 amide bonds. The van der Waals surface area contributed by atoms with Gasteiger partial charge in [0.2, 0.25) is 0 Å². The van der Waals surface area contributed by atoms with Crippen molar-refractivity contribution in [1.82, 2.24) is 9.38 Å². The van der Waals surface area contributed by atoms with Crippen molar-refractivity contribution >= 4 is 17.9 Å². The van der Waals surface area contributed by atoms with Crippen molar-refractivity contribution in [3.8, 4) is 0 Å². The van der Waals surface area contributed by atoms with Crippen LogP contribution in [0.15, 0.2) is 18.3 Å². The first-order valence-electron chi connectivity index (χ1n) is 4.30. The summed E-state index contributed by atoms with van der Waals surface area (Å²) >= 11 is 0. The normalized spacial score (nSPS) is 10.5. The number of carboxylic acid groups (broad SMARTS) is 1. The third kappa shape index (κ3) is 1.38. The van der Waals surface area contributed by atoms with Crippen molar-refractivity contribution < 1.29 is 14.7 Å². The fourth-order valence-corrected chi connectivity index (χ4v) is 1.45. The highest BCUT2D eigenvalue weighted by molar-refractivity contribution is 5.88. The first-order valence-corrected chi connectivity index (χ1v) is 4.30. The fourth-order valence-electron chi connectivity index (χ4n) is 1.45. The number of fused-ring (bicyclic) bond motifs is 1. The second-order valence-corrected chi connectivity index (χ2v) is 3.15. The standard InChI is InChI=1S/C10H8N2O3/c1-6-8(5-13)12-4-7(10(14)15)2-3-9(12)11-6/h2-5H,1H3,(H,14,15). The average Bonchev–Trinajstić information content (AvgIpc) is 2.51. The summed E-state index contributed by atoms with van der Waals surface area (Å²) in [6, 6.07) is 3.03. The summed E-state index contributed by atoms with van der Waals surface area (Å²) < 4.78 is 1.48. The molecule has 0 atom stereocenters. The molecule has 5 heteroatoms. The molecule has 0 bridgehead atoms. The van der Waals surface area contributed by atoms with Gasteiger partial charge >= 0.3 is 5.97 Å². The van der Waals surface area contributed by atoms with Crippen molar-refractivity contribution in [2.75, 3.05) is 0 Å². The number of carboxylic acids is 1. The largest absolute Gasteiger partial charge is 0.478 e. The maximum absolute atomic E-state index is 10.8. The molecule has 0 fully saturated rings. The van der Waals surface area contributed by atoms with Gasteiger partial charge in [-0.1, -0.05) is 0 Å². The van der Waals surface area contributed by atoms with Gasteiger partial charge in [-0.3, -0.25) is 9.20 Å². The molecule has 2 aromatic heterocycles. The van der Waals surface area contributed by atoms with Gasteiger partial charge in [0.05, 0.1) is 11.3 Å². The van der Waals surface area contributed by atoms with E-state index in [4.69, 9.17) is 5.11 Å². The summed E-state index contributed by atoms with van der Waals surface area (Å²) in [6.45, 7) is 1.71. The first kappa shape index (κ1) is 9.39. The molecule has 2 aromatic rings. The molecule has 5 nitrogen and oxygen atoms in total. The van der Waals surface area contributed by atoms with Crippen molar-refractivity contribution in [3.63, 3.8) is 0 Å². The Balaban J connectivity index is 2.78. The molecule has 0 unspecified atom stereocenters. The van der Waals surface area contributed by atoms with Crippen LogP contribution < -0.4 is 0 Å². The fraction of sp³-hybridized carbons (Fsp3) is 0.100. The highest BCUT2D eigenvalue weighted by Gasteiger charge is 2.10. The molecule has 0 spiro atoms. The summed E-state index contributed by atoms with van der Waals surface area (Å²) in [6.07, 6.45) is 2.06. The highest BCUT2D eigenvalue weighted by Crippen LogP contribution is 2.11. The van der Waals surface area contributed by atoms with E-state index in [0.717, 1.165) is 0 Å². The molecule has 2 heterocycles. The summed E-state index contributed by atoms with van der Waals surface area (Å²) in [5.41, 5.74) is 1.67. The molecule has 0 radical (unpaired) electrons. The molecule has 0 aliphatic heterocycles. The van der Waals surface area contributed by atoms with Gasteiger partial charge in [0.1, 0.15) is 11.3 Å². The number of aromatic nitrogens is 2. The summed E-state index contributed by atoms with van der Waals surface area (Å²) in [5, 5.41) is 8.79. The number of imidazole rings is 1. The van der Waals surface area contributed by atoms with Gasteiger partial charge in [-0.2, -0.15) is 0 Å². The molecular formula is C10H8N2O3. The molecule has 1 N–H and O–H groups in total. The van der Waals surface area contributed by atoms with Crippen LogP contribution in [0.25, 0.3) is 5.65 Å². The van der Waals surface area contributed by atoms with Gasteiger partial charge in [-0.15, -0.1) is 0 Å². The third-order valence-corrected chi connectivity index (χ3v) is 2.20. The second-order valence-electron chi connectivity index (χ2n) is 3.15. The lowest BCUT2D eigenvalue weighted by atomic mass is 10.3. The van der Waals surface area contributed by atoms with E-state index in [1.807, 2.05) is 0 Å². The monoisotopic (exact) mass is 204 g/mol. The van der Waals surface area contributed by atoms with Crippen LogP contribution >= 0.6 is 0 Å². The van der Waals surface area contributed by atoms with E-state index in [2.05, 4.69) is 4.98 Å². The first-order chi connectivity index (χ1) is 7.13. The maximum atomic E-state index is 10.8. The number of nitrogens with zero attached hydrogens (tertiary/aromatic N) is 2. The zero-order valence-electron chi connectivity index (χ0n) is 7.97. The van der Waals surface area contributed by atoms with E-state index in [1.54, 1.807) is 13.0 Å². The molecule has 0 aliphatic carbocycles. The van der Waals surface area contributed by atoms with Crippen molar-refractivity contribution in [2.45, 2.75) is 6.92 Å². The maximum Gasteiger partial charge on any atom is 0.337 e. The Morgan fingerprint density at radius 3 is 2.87 bits per heavy atom. The average molecular weight is 204 g/mol. The number of aromatic carboxylic acids is 1. The predicted molar refractivity (Wildman–Crippen MR) is 52.3 cm³/mol. The van der Waals surface area contributed by atoms with E-state index in [9.17, 15) is 9.59 Å². The van der Waals surface area contributed by atoms with E-state index < -0.39 is 5.97 Å². The number of aryl methyl sites for hydroxylation is 1. The van der Waals surface area contributed by atoms with Crippen LogP contribution in [0.3, 0.4) is 0 Å². The van der Waals surface area contributed by atoms with E-state index in [0.29, 0.717) is 23.3 Å². The Bertz CT molecular complexity index is 557. The van der Waals surface area contributed by atoms with Crippen LogP contribution in [0, 0.1) is 6.92 Å². The Labute approximate surface area is 85.0 Å². The zero-order valence-corrected chi connectivity index (χ0v) is 7.97. The van der Waals surface area contributed by atoms with Gasteiger partial charge in [0.25, 0.3) is 0 Å². The number of carbonyl (C=O) groups is 2. The lowest BCUT2D eigenvalue weighted by Crippen LogP contribution is -2.00. The predicted octanol–water partition coefficient (Wildman–Crippen LogP) is 1.15. The minimum absolute atomic E-state index is 0.128. The van der Waals surface area contributed by atoms with Gasteiger partial charge in [0.15, 0.2) is 6.29 Å². The van der Waals surface area contributed by atoms with Gasteiger partial charge < -0.3 is 5.11 Å².